The van der Waals surface area contributed by atoms with E-state index in [1.807, 2.05) is 0 Å². The Labute approximate surface area is 231 Å². The highest BCUT2D eigenvalue weighted by Gasteiger charge is 2.35. The first-order valence-electron chi connectivity index (χ1n) is 12.6. The van der Waals surface area contributed by atoms with Gasteiger partial charge in [0.05, 0.1) is 24.8 Å². The SMILES string of the molecule is CC[C@H](C)[C@H](NC(=O)[C@@H](NC(=O)[C@@H](NC(=O)CNC(=O)[C@@H](N)CCC(N)=O)[C@@H](C)O)[C@@H](C)O)C(=O)NCC(=O)O. The third-order valence-corrected chi connectivity index (χ3v) is 5.81. The van der Waals surface area contributed by atoms with Crippen LogP contribution in [-0.2, 0) is 33.6 Å². The topological polar surface area (TPSA) is 292 Å². The van der Waals surface area contributed by atoms with Crippen molar-refractivity contribution in [2.24, 2.45) is 17.4 Å². The molecule has 7 atom stereocenters. The highest BCUT2D eigenvalue weighted by Crippen LogP contribution is 2.09. The average molecular weight is 576 g/mol. The van der Waals surface area contributed by atoms with Crippen LogP contribution in [0.1, 0.15) is 47.0 Å². The Hall–Kier alpha value is -3.83. The third kappa shape index (κ3) is 13.3. The summed E-state index contributed by atoms with van der Waals surface area (Å²) in [7, 11) is 0. The average Bonchev–Trinajstić information content (AvgIpc) is 2.87. The number of aliphatic hydroxyl groups excluding tert-OH is 2. The molecule has 0 fully saturated rings. The van der Waals surface area contributed by atoms with Gasteiger partial charge >= 0.3 is 5.97 Å². The quantitative estimate of drug-likeness (QED) is 0.0739. The summed E-state index contributed by atoms with van der Waals surface area (Å²) >= 11 is 0. The molecule has 6 amide bonds. The molecule has 0 aliphatic carbocycles. The molecule has 228 valence electrons. The van der Waals surface area contributed by atoms with Crippen LogP contribution in [0.15, 0.2) is 0 Å². The van der Waals surface area contributed by atoms with Crippen molar-refractivity contribution in [2.75, 3.05) is 13.1 Å². The van der Waals surface area contributed by atoms with Gasteiger partial charge in [0.25, 0.3) is 0 Å². The van der Waals surface area contributed by atoms with Crippen LogP contribution in [0.4, 0.5) is 0 Å². The number of carboxylic acid groups (broad SMARTS) is 1. The summed E-state index contributed by atoms with van der Waals surface area (Å²) in [6, 6.07) is -5.56. The summed E-state index contributed by atoms with van der Waals surface area (Å²) in [4.78, 5) is 84.1. The Morgan fingerprint density at radius 3 is 1.65 bits per heavy atom. The molecule has 0 saturated heterocycles. The highest BCUT2D eigenvalue weighted by atomic mass is 16.4. The van der Waals surface area contributed by atoms with E-state index in [2.05, 4.69) is 26.6 Å². The van der Waals surface area contributed by atoms with Crippen molar-refractivity contribution in [3.05, 3.63) is 0 Å². The van der Waals surface area contributed by atoms with Crippen molar-refractivity contribution >= 4 is 41.4 Å². The highest BCUT2D eigenvalue weighted by molar-refractivity contribution is 5.96. The number of aliphatic carboxylic acids is 1. The van der Waals surface area contributed by atoms with E-state index in [-0.39, 0.29) is 12.8 Å². The lowest BCUT2D eigenvalue weighted by Gasteiger charge is -2.29. The van der Waals surface area contributed by atoms with Crippen LogP contribution in [0.3, 0.4) is 0 Å². The van der Waals surface area contributed by atoms with E-state index in [0.29, 0.717) is 6.42 Å². The van der Waals surface area contributed by atoms with Crippen LogP contribution in [0.25, 0.3) is 0 Å². The molecule has 17 heteroatoms. The van der Waals surface area contributed by atoms with Crippen molar-refractivity contribution in [1.82, 2.24) is 26.6 Å². The predicted molar refractivity (Wildman–Crippen MR) is 139 cm³/mol. The van der Waals surface area contributed by atoms with E-state index < -0.39 is 96.8 Å². The van der Waals surface area contributed by atoms with Gasteiger partial charge in [0, 0.05) is 6.42 Å². The smallest absolute Gasteiger partial charge is 0.322 e. The minimum Gasteiger partial charge on any atom is -0.480 e. The first-order valence-corrected chi connectivity index (χ1v) is 12.6. The number of hydrogen-bond donors (Lipinski definition) is 10. The Kier molecular flexibility index (Phi) is 16.0. The van der Waals surface area contributed by atoms with Gasteiger partial charge < -0.3 is 53.4 Å². The van der Waals surface area contributed by atoms with Crippen molar-refractivity contribution in [2.45, 2.75) is 83.3 Å². The summed E-state index contributed by atoms with van der Waals surface area (Å²) in [6.45, 7) is 4.39. The Bertz CT molecular complexity index is 928. The molecule has 0 radical (unpaired) electrons. The van der Waals surface area contributed by atoms with E-state index in [1.54, 1.807) is 13.8 Å². The Morgan fingerprint density at radius 1 is 0.725 bits per heavy atom. The Balaban J connectivity index is 5.37. The predicted octanol–water partition coefficient (Wildman–Crippen LogP) is -4.84. The summed E-state index contributed by atoms with van der Waals surface area (Å²) < 4.78 is 0. The van der Waals surface area contributed by atoms with E-state index in [0.717, 1.165) is 0 Å². The number of carboxylic acids is 1. The van der Waals surface area contributed by atoms with Gasteiger partial charge in [0.15, 0.2) is 0 Å². The Morgan fingerprint density at radius 2 is 1.20 bits per heavy atom. The molecule has 0 rings (SSSR count). The van der Waals surface area contributed by atoms with E-state index >= 15 is 0 Å². The van der Waals surface area contributed by atoms with Gasteiger partial charge in [0.2, 0.25) is 35.4 Å². The number of nitrogens with one attached hydrogen (secondary N) is 5. The van der Waals surface area contributed by atoms with Crippen LogP contribution in [0, 0.1) is 5.92 Å². The molecule has 0 aromatic carbocycles. The van der Waals surface area contributed by atoms with Gasteiger partial charge in [-0.05, 0) is 26.2 Å². The minimum absolute atomic E-state index is 0.0522. The molecule has 40 heavy (non-hydrogen) atoms. The second-order valence-electron chi connectivity index (χ2n) is 9.33. The minimum atomic E-state index is -1.63. The number of carbonyl (C=O) groups excluding carboxylic acids is 6. The first kappa shape index (κ1) is 36.2. The van der Waals surface area contributed by atoms with Gasteiger partial charge in [-0.2, -0.15) is 0 Å². The molecular weight excluding hydrogens is 534 g/mol. The normalized spacial score (nSPS) is 16.1. The molecule has 0 aliphatic heterocycles. The lowest BCUT2D eigenvalue weighted by molar-refractivity contribution is -0.139. The largest absolute Gasteiger partial charge is 0.480 e. The fraction of sp³-hybridized carbons (Fsp3) is 0.696. The molecule has 0 spiro atoms. The van der Waals surface area contributed by atoms with E-state index in [4.69, 9.17) is 16.6 Å². The molecule has 0 aliphatic rings. The maximum absolute atomic E-state index is 12.9. The molecule has 0 aromatic rings. The summed E-state index contributed by atoms with van der Waals surface area (Å²) in [5.41, 5.74) is 10.6. The third-order valence-electron chi connectivity index (χ3n) is 5.81. The van der Waals surface area contributed by atoms with Crippen LogP contribution in [-0.4, -0.2) is 106 Å². The lowest BCUT2D eigenvalue weighted by Crippen LogP contribution is -2.62. The van der Waals surface area contributed by atoms with Crippen LogP contribution in [0.5, 0.6) is 0 Å². The van der Waals surface area contributed by atoms with Crippen molar-refractivity contribution < 1.29 is 48.9 Å². The number of hydrogen-bond acceptors (Lipinski definition) is 10. The molecule has 0 bridgehead atoms. The zero-order chi connectivity index (χ0) is 31.2. The standard InChI is InChI=1S/C23H41N7O10/c1-5-10(2)17(21(38)27-9-16(35)36)29-23(40)19(12(4)32)30-22(39)18(11(3)31)28-15(34)8-26-20(37)13(24)6-7-14(25)33/h10-13,17-19,31-32H,5-9,24H2,1-4H3,(H2,25,33)(H,26,37)(H,27,38)(H,28,34)(H,29,40)(H,30,39)(H,35,36)/t10-,11+,12+,13-,17-,18-,19-/m0/s1. The fourth-order valence-electron chi connectivity index (χ4n) is 3.22. The van der Waals surface area contributed by atoms with E-state index in [1.165, 1.54) is 13.8 Å². The number of amides is 6. The van der Waals surface area contributed by atoms with Gasteiger partial charge in [0.1, 0.15) is 24.7 Å². The number of rotatable bonds is 18. The zero-order valence-corrected chi connectivity index (χ0v) is 22.9. The zero-order valence-electron chi connectivity index (χ0n) is 22.9. The number of carbonyl (C=O) groups is 7. The van der Waals surface area contributed by atoms with Crippen molar-refractivity contribution in [1.29, 1.82) is 0 Å². The summed E-state index contributed by atoms with van der Waals surface area (Å²) in [6.07, 6.45) is -2.75. The van der Waals surface area contributed by atoms with Gasteiger partial charge in [-0.3, -0.25) is 33.6 Å². The maximum atomic E-state index is 12.9. The molecule has 0 heterocycles. The lowest BCUT2D eigenvalue weighted by atomic mass is 9.97. The maximum Gasteiger partial charge on any atom is 0.322 e. The molecule has 17 nitrogen and oxygen atoms in total. The van der Waals surface area contributed by atoms with E-state index in [9.17, 15) is 43.8 Å². The second-order valence-corrected chi connectivity index (χ2v) is 9.33. The van der Waals surface area contributed by atoms with Gasteiger partial charge in [-0.25, -0.2) is 0 Å². The van der Waals surface area contributed by atoms with Crippen LogP contribution in [0.2, 0.25) is 0 Å². The first-order chi connectivity index (χ1) is 18.5. The molecule has 0 aromatic heterocycles. The number of primary amides is 1. The number of nitrogens with two attached hydrogens (primary N) is 2. The second kappa shape index (κ2) is 17.7. The molecule has 0 unspecified atom stereocenters. The van der Waals surface area contributed by atoms with Crippen molar-refractivity contribution in [3.8, 4) is 0 Å². The van der Waals surface area contributed by atoms with Crippen LogP contribution < -0.4 is 38.1 Å². The van der Waals surface area contributed by atoms with Gasteiger partial charge in [-0.1, -0.05) is 20.3 Å². The summed E-state index contributed by atoms with van der Waals surface area (Å²) in [5, 5.41) is 40.1. The van der Waals surface area contributed by atoms with Crippen LogP contribution >= 0.6 is 0 Å². The van der Waals surface area contributed by atoms with Gasteiger partial charge in [-0.15, -0.1) is 0 Å². The monoisotopic (exact) mass is 575 g/mol. The summed E-state index contributed by atoms with van der Waals surface area (Å²) in [5.74, 6) is -6.90. The molecular formula is C23H41N7O10. The molecule has 12 N–H and O–H groups in total. The molecule has 0 saturated carbocycles. The van der Waals surface area contributed by atoms with Crippen molar-refractivity contribution in [3.63, 3.8) is 0 Å². The fourth-order valence-corrected chi connectivity index (χ4v) is 3.22. The number of aliphatic hydroxyl groups is 2.